The Kier molecular flexibility index (Phi) is 8.42. The quantitative estimate of drug-likeness (QED) is 0.228. The van der Waals surface area contributed by atoms with Crippen molar-refractivity contribution in [3.63, 3.8) is 0 Å². The highest BCUT2D eigenvalue weighted by molar-refractivity contribution is 6.30. The van der Waals surface area contributed by atoms with Gasteiger partial charge in [0.25, 0.3) is 5.91 Å². The Balaban J connectivity index is 1.36. The van der Waals surface area contributed by atoms with Crippen molar-refractivity contribution < 1.29 is 18.7 Å². The first-order chi connectivity index (χ1) is 19.4. The fourth-order valence-corrected chi connectivity index (χ4v) is 5.03. The standard InChI is InChI=1S/C30H29ClFN5O3/c31-20-8-4-18(5-9-20)15-26(29(33)38)37-30(39)23-3-1-2-22-24(12-13-40-28(22)23)36-25(27-16-34-17-35-27)14-19-6-10-21(32)11-7-19/h1-11,16-17,24-26,36H,12-15H2,(H2,33,38)(H,34,35)(H,37,39)/t24?,25?,26-/m0/s1. The first-order valence-corrected chi connectivity index (χ1v) is 13.3. The lowest BCUT2D eigenvalue weighted by atomic mass is 9.94. The number of rotatable bonds is 10. The number of hydrogen-bond donors (Lipinski definition) is 4. The first-order valence-electron chi connectivity index (χ1n) is 13.0. The molecule has 206 valence electrons. The number of nitrogens with one attached hydrogen (secondary N) is 3. The molecular formula is C30H29ClFN5O3. The first kappa shape index (κ1) is 27.4. The fourth-order valence-electron chi connectivity index (χ4n) is 4.91. The molecule has 0 radical (unpaired) electrons. The molecule has 0 bridgehead atoms. The number of amides is 2. The summed E-state index contributed by atoms with van der Waals surface area (Å²) in [4.78, 5) is 32.9. The third kappa shape index (κ3) is 6.50. The molecule has 5 N–H and O–H groups in total. The van der Waals surface area contributed by atoms with Crippen molar-refractivity contribution in [3.05, 3.63) is 118 Å². The molecular weight excluding hydrogens is 533 g/mol. The molecule has 0 aliphatic carbocycles. The van der Waals surface area contributed by atoms with Crippen LogP contribution in [0.2, 0.25) is 5.02 Å². The van der Waals surface area contributed by atoms with Gasteiger partial charge in [0.1, 0.15) is 17.6 Å². The predicted molar refractivity (Wildman–Crippen MR) is 149 cm³/mol. The minimum Gasteiger partial charge on any atom is -0.492 e. The number of carbonyl (C=O) groups is 2. The van der Waals surface area contributed by atoms with Crippen molar-refractivity contribution >= 4 is 23.4 Å². The Labute approximate surface area is 236 Å². The third-order valence-corrected chi connectivity index (χ3v) is 7.22. The summed E-state index contributed by atoms with van der Waals surface area (Å²) >= 11 is 5.96. The number of primary amides is 1. The number of imidazole rings is 1. The maximum atomic E-state index is 13.5. The summed E-state index contributed by atoms with van der Waals surface area (Å²) in [5.41, 5.74) is 9.44. The van der Waals surface area contributed by atoms with Crippen LogP contribution in [0.4, 0.5) is 4.39 Å². The Bertz CT molecular complexity index is 1460. The molecule has 3 atom stereocenters. The van der Waals surface area contributed by atoms with E-state index in [9.17, 15) is 14.0 Å². The minimum absolute atomic E-state index is 0.133. The second-order valence-electron chi connectivity index (χ2n) is 9.73. The van der Waals surface area contributed by atoms with Crippen LogP contribution in [0.3, 0.4) is 0 Å². The summed E-state index contributed by atoms with van der Waals surface area (Å²) in [6, 6.07) is 17.6. The van der Waals surface area contributed by atoms with Gasteiger partial charge in [-0.05, 0) is 47.9 Å². The van der Waals surface area contributed by atoms with Crippen molar-refractivity contribution in [2.45, 2.75) is 37.4 Å². The van der Waals surface area contributed by atoms with Crippen LogP contribution in [0.1, 0.15) is 51.2 Å². The van der Waals surface area contributed by atoms with Gasteiger partial charge in [-0.3, -0.25) is 9.59 Å². The van der Waals surface area contributed by atoms with Crippen LogP contribution in [0.5, 0.6) is 5.75 Å². The van der Waals surface area contributed by atoms with E-state index in [1.807, 2.05) is 6.07 Å². The molecule has 5 rings (SSSR count). The van der Waals surface area contributed by atoms with E-state index in [-0.39, 0.29) is 24.3 Å². The molecule has 1 aliphatic heterocycles. The number of aromatic nitrogens is 2. The van der Waals surface area contributed by atoms with Crippen molar-refractivity contribution in [2.75, 3.05) is 6.61 Å². The van der Waals surface area contributed by atoms with E-state index < -0.39 is 17.9 Å². The van der Waals surface area contributed by atoms with E-state index in [1.165, 1.54) is 12.1 Å². The van der Waals surface area contributed by atoms with Crippen LogP contribution in [0.15, 0.2) is 79.3 Å². The smallest absolute Gasteiger partial charge is 0.255 e. The van der Waals surface area contributed by atoms with Gasteiger partial charge in [0.2, 0.25) is 5.91 Å². The lowest BCUT2D eigenvalue weighted by molar-refractivity contribution is -0.119. The van der Waals surface area contributed by atoms with Gasteiger partial charge in [0, 0.05) is 35.7 Å². The van der Waals surface area contributed by atoms with Gasteiger partial charge in [0.05, 0.1) is 30.2 Å². The van der Waals surface area contributed by atoms with Crippen LogP contribution in [0, 0.1) is 5.82 Å². The zero-order chi connectivity index (χ0) is 28.1. The maximum Gasteiger partial charge on any atom is 0.255 e. The third-order valence-electron chi connectivity index (χ3n) is 6.97. The average molecular weight is 562 g/mol. The summed E-state index contributed by atoms with van der Waals surface area (Å²) in [7, 11) is 0. The number of para-hydroxylation sites is 1. The second-order valence-corrected chi connectivity index (χ2v) is 10.2. The van der Waals surface area contributed by atoms with Crippen LogP contribution in [0.25, 0.3) is 0 Å². The zero-order valence-corrected chi connectivity index (χ0v) is 22.3. The summed E-state index contributed by atoms with van der Waals surface area (Å²) < 4.78 is 19.5. The van der Waals surface area contributed by atoms with E-state index >= 15 is 0 Å². The predicted octanol–water partition coefficient (Wildman–Crippen LogP) is 4.43. The number of hydrogen-bond acceptors (Lipinski definition) is 5. The number of H-pyrrole nitrogens is 1. The minimum atomic E-state index is -0.914. The number of nitrogens with two attached hydrogens (primary N) is 1. The molecule has 0 fully saturated rings. The van der Waals surface area contributed by atoms with Gasteiger partial charge < -0.3 is 26.1 Å². The molecule has 2 amide bonds. The molecule has 2 unspecified atom stereocenters. The topological polar surface area (TPSA) is 122 Å². The molecule has 0 saturated carbocycles. The van der Waals surface area contributed by atoms with E-state index in [1.54, 1.807) is 61.1 Å². The highest BCUT2D eigenvalue weighted by Gasteiger charge is 2.30. The highest BCUT2D eigenvalue weighted by atomic mass is 35.5. The Hall–Kier alpha value is -4.21. The molecule has 1 aromatic heterocycles. The van der Waals surface area contributed by atoms with Crippen LogP contribution in [-0.2, 0) is 17.6 Å². The van der Waals surface area contributed by atoms with Crippen molar-refractivity contribution in [1.82, 2.24) is 20.6 Å². The van der Waals surface area contributed by atoms with Crippen LogP contribution < -0.4 is 21.1 Å². The normalized spacial score (nSPS) is 15.9. The fraction of sp³-hybridized carbons (Fsp3) is 0.233. The molecule has 4 aromatic rings. The number of benzene rings is 3. The Morgan fingerprint density at radius 1 is 1.07 bits per heavy atom. The summed E-state index contributed by atoms with van der Waals surface area (Å²) in [6.45, 7) is 0.394. The van der Waals surface area contributed by atoms with Gasteiger partial charge >= 0.3 is 0 Å². The van der Waals surface area contributed by atoms with Crippen molar-refractivity contribution in [3.8, 4) is 5.75 Å². The number of ether oxygens (including phenoxy) is 1. The maximum absolute atomic E-state index is 13.5. The Morgan fingerprint density at radius 3 is 2.50 bits per heavy atom. The van der Waals surface area contributed by atoms with Crippen LogP contribution in [-0.4, -0.2) is 34.4 Å². The lowest BCUT2D eigenvalue weighted by Gasteiger charge is -2.31. The van der Waals surface area contributed by atoms with E-state index in [2.05, 4.69) is 20.6 Å². The number of halogens is 2. The summed E-state index contributed by atoms with van der Waals surface area (Å²) in [5, 5.41) is 7.02. The molecule has 1 aliphatic rings. The number of carbonyl (C=O) groups excluding carboxylic acids is 2. The Morgan fingerprint density at radius 2 is 1.80 bits per heavy atom. The molecule has 0 saturated heterocycles. The van der Waals surface area contributed by atoms with Gasteiger partial charge in [0.15, 0.2) is 0 Å². The second kappa shape index (κ2) is 12.3. The molecule has 8 nitrogen and oxygen atoms in total. The molecule has 10 heteroatoms. The van der Waals surface area contributed by atoms with Gasteiger partial charge in [-0.25, -0.2) is 9.37 Å². The van der Waals surface area contributed by atoms with E-state index in [0.717, 1.165) is 22.4 Å². The monoisotopic (exact) mass is 561 g/mol. The summed E-state index contributed by atoms with van der Waals surface area (Å²) in [5.74, 6) is -0.919. The zero-order valence-electron chi connectivity index (χ0n) is 21.6. The summed E-state index contributed by atoms with van der Waals surface area (Å²) in [6.07, 6.45) is 4.88. The van der Waals surface area contributed by atoms with Crippen molar-refractivity contribution in [2.24, 2.45) is 5.73 Å². The largest absolute Gasteiger partial charge is 0.492 e. The van der Waals surface area contributed by atoms with Crippen LogP contribution >= 0.6 is 11.6 Å². The molecule has 0 spiro atoms. The number of aromatic amines is 1. The molecule has 3 aromatic carbocycles. The number of nitrogens with zero attached hydrogens (tertiary/aromatic N) is 1. The van der Waals surface area contributed by atoms with Gasteiger partial charge in [-0.1, -0.05) is 48.0 Å². The van der Waals surface area contributed by atoms with Gasteiger partial charge in [-0.15, -0.1) is 0 Å². The molecule has 40 heavy (non-hydrogen) atoms. The number of fused-ring (bicyclic) bond motifs is 1. The lowest BCUT2D eigenvalue weighted by Crippen LogP contribution is -2.46. The van der Waals surface area contributed by atoms with Gasteiger partial charge in [-0.2, -0.15) is 0 Å². The SMILES string of the molecule is NC(=O)[C@H](Cc1ccc(Cl)cc1)NC(=O)c1cccc2c1OCCC2NC(Cc1ccc(F)cc1)c1cnc[nH]1. The highest BCUT2D eigenvalue weighted by Crippen LogP contribution is 2.37. The van der Waals surface area contributed by atoms with E-state index in [0.29, 0.717) is 35.8 Å². The van der Waals surface area contributed by atoms with Crippen molar-refractivity contribution in [1.29, 1.82) is 0 Å². The molecule has 2 heterocycles. The average Bonchev–Trinajstić information content (AvgIpc) is 3.49. The van der Waals surface area contributed by atoms with E-state index in [4.69, 9.17) is 22.1 Å².